The fraction of sp³-hybridized carbons (Fsp3) is 0.0222. The molecule has 264 valence electrons. The first kappa shape index (κ1) is 38.6. The van der Waals surface area contributed by atoms with Gasteiger partial charge in [0.1, 0.15) is 0 Å². The van der Waals surface area contributed by atoms with Gasteiger partial charge in [-0.3, -0.25) is 11.1 Å². The summed E-state index contributed by atoms with van der Waals surface area (Å²) in [5, 5.41) is 0. The fourth-order valence-electron chi connectivity index (χ4n) is 5.21. The molecule has 3 heterocycles. The molecule has 5 aromatic carbocycles. The third kappa shape index (κ3) is 10.3. The van der Waals surface area contributed by atoms with Crippen LogP contribution in [0.4, 0.5) is 5.69 Å². The Morgan fingerprint density at radius 1 is 0.660 bits per heavy atom. The maximum absolute atomic E-state index is 6.57. The van der Waals surface area contributed by atoms with Crippen molar-refractivity contribution >= 4 is 5.69 Å². The van der Waals surface area contributed by atoms with Gasteiger partial charge < -0.3 is 35.2 Å². The van der Waals surface area contributed by atoms with E-state index < -0.39 is 0 Å². The molecule has 8 heteroatoms. The van der Waals surface area contributed by atoms with Crippen LogP contribution >= 0.6 is 0 Å². The van der Waals surface area contributed by atoms with Crippen molar-refractivity contribution in [1.82, 2.24) is 14.5 Å². The molecule has 0 radical (unpaired) electrons. The summed E-state index contributed by atoms with van der Waals surface area (Å²) < 4.78 is 13.8. The number of pyridine rings is 1. The summed E-state index contributed by atoms with van der Waals surface area (Å²) in [7, 11) is 1.98. The van der Waals surface area contributed by atoms with Crippen LogP contribution in [0.5, 0.6) is 23.0 Å². The second kappa shape index (κ2) is 18.8. The van der Waals surface area contributed by atoms with Gasteiger partial charge in [-0.15, -0.1) is 71.4 Å². The third-order valence-corrected chi connectivity index (χ3v) is 7.66. The number of aromatic nitrogens is 2. The first-order chi connectivity index (χ1) is 25.1. The Hall–Kier alpha value is -5.59. The smallest absolute Gasteiger partial charge is 0.669 e. The third-order valence-electron chi connectivity index (χ3n) is 7.66. The monoisotopic (exact) mass is 1050 g/mol. The van der Waals surface area contributed by atoms with E-state index in [1.807, 2.05) is 145 Å². The SMILES string of the molecule is CN1C=CN(c2[c-]c(Oc3[c-]c(-c4cc(-c5[c-]c(Oc6[c-]ccc(-c7ccccc7)c6)ccc5)[c-]cn4)ccc3)ccc2)[CH-]1.[C-]#Cn1cccc1.[Pt+4].[Pt]. The topological polar surface area (TPSA) is 42.8 Å². The van der Waals surface area contributed by atoms with E-state index in [2.05, 4.69) is 53.5 Å². The van der Waals surface area contributed by atoms with Crippen molar-refractivity contribution in [3.8, 4) is 62.6 Å². The maximum Gasteiger partial charge on any atom is 4.00 e. The molecular weight excluding hydrogens is 1020 g/mol. The summed E-state index contributed by atoms with van der Waals surface area (Å²) in [5.41, 5.74) is 6.27. The molecule has 0 unspecified atom stereocenters. The average Bonchev–Trinajstić information content (AvgIpc) is 3.88. The van der Waals surface area contributed by atoms with Crippen LogP contribution in [-0.2, 0) is 42.1 Å². The van der Waals surface area contributed by atoms with E-state index >= 15 is 0 Å². The van der Waals surface area contributed by atoms with Gasteiger partial charge in [0, 0.05) is 56.5 Å². The quantitative estimate of drug-likeness (QED) is 0.112. The molecule has 7 aromatic rings. The van der Waals surface area contributed by atoms with Crippen LogP contribution in [0.1, 0.15) is 0 Å². The van der Waals surface area contributed by atoms with Gasteiger partial charge in [0.2, 0.25) is 0 Å². The Kier molecular flexibility index (Phi) is 13.7. The van der Waals surface area contributed by atoms with Crippen LogP contribution < -0.4 is 14.4 Å². The molecular formula is C45H29N4O2Pt2-3. The van der Waals surface area contributed by atoms with Crippen molar-refractivity contribution in [2.75, 3.05) is 11.9 Å². The summed E-state index contributed by atoms with van der Waals surface area (Å²) in [5.74, 6) is 2.38. The molecule has 0 saturated carbocycles. The molecule has 0 fully saturated rings. The van der Waals surface area contributed by atoms with Crippen LogP contribution in [0.3, 0.4) is 0 Å². The number of hydrogen-bond donors (Lipinski definition) is 0. The minimum Gasteiger partial charge on any atom is -0.669 e. The Labute approximate surface area is 339 Å². The normalized spacial score (nSPS) is 11.3. The van der Waals surface area contributed by atoms with Crippen molar-refractivity contribution in [1.29, 1.82) is 0 Å². The minimum atomic E-state index is 0. The first-order valence-electron chi connectivity index (χ1n) is 16.1. The zero-order valence-electron chi connectivity index (χ0n) is 28.2. The van der Waals surface area contributed by atoms with Crippen molar-refractivity contribution < 1.29 is 51.6 Å². The summed E-state index contributed by atoms with van der Waals surface area (Å²) in [6.07, 6.45) is 15.7. The predicted molar refractivity (Wildman–Crippen MR) is 198 cm³/mol. The average molecular weight is 1050 g/mol. The van der Waals surface area contributed by atoms with Gasteiger partial charge in [-0.2, -0.15) is 37.0 Å². The van der Waals surface area contributed by atoms with Crippen LogP contribution in [0, 0.1) is 49.5 Å². The van der Waals surface area contributed by atoms with Gasteiger partial charge in [0.25, 0.3) is 0 Å². The van der Waals surface area contributed by atoms with E-state index in [1.54, 1.807) is 23.2 Å². The molecule has 8 rings (SSSR count). The van der Waals surface area contributed by atoms with E-state index in [4.69, 9.17) is 15.9 Å². The van der Waals surface area contributed by atoms with Crippen LogP contribution in [0.25, 0.3) is 33.5 Å². The van der Waals surface area contributed by atoms with Gasteiger partial charge in [0.15, 0.2) is 0 Å². The van der Waals surface area contributed by atoms with Crippen molar-refractivity contribution in [3.63, 3.8) is 0 Å². The number of rotatable bonds is 8. The minimum absolute atomic E-state index is 0. The number of hydrogen-bond acceptors (Lipinski definition) is 5. The number of anilines is 1. The Morgan fingerprint density at radius 2 is 1.34 bits per heavy atom. The zero-order chi connectivity index (χ0) is 34.8. The van der Waals surface area contributed by atoms with Crippen LogP contribution in [0.2, 0.25) is 0 Å². The number of ether oxygens (including phenoxy) is 2. The first-order valence-corrected chi connectivity index (χ1v) is 16.1. The van der Waals surface area contributed by atoms with E-state index in [9.17, 15) is 0 Å². The predicted octanol–water partition coefficient (Wildman–Crippen LogP) is 9.89. The molecule has 0 N–H and O–H groups in total. The molecule has 0 bridgehead atoms. The number of nitrogens with zero attached hydrogens (tertiary/aromatic N) is 4. The number of benzene rings is 5. The Bertz CT molecular complexity index is 2300. The van der Waals surface area contributed by atoms with E-state index in [-0.39, 0.29) is 42.1 Å². The molecule has 0 amide bonds. The Balaban J connectivity index is 0.000000542. The van der Waals surface area contributed by atoms with Crippen LogP contribution in [0.15, 0.2) is 152 Å². The Morgan fingerprint density at radius 3 is 2.04 bits per heavy atom. The van der Waals surface area contributed by atoms with Crippen molar-refractivity contribution in [2.24, 2.45) is 0 Å². The van der Waals surface area contributed by atoms with Gasteiger partial charge in [-0.25, -0.2) is 24.2 Å². The standard InChI is InChI=1S/C39H25N3O2.C6H4N.2Pt/c1-41-21-22-42(28-41)34-14-8-18-38(27-34)44-37-17-7-13-33(25-37)39-26-32(19-20-40-39)31-12-6-16-36(24-31)43-35-15-5-11-30(23-35)29-9-3-2-4-10-29;1-2-7-5-3-4-6-7;;/h2-14,16-18,20-23,26,28H,1H3;3-6H;;/q-6;-1;;+4. The summed E-state index contributed by atoms with van der Waals surface area (Å²) >= 11 is 0. The van der Waals surface area contributed by atoms with Gasteiger partial charge >= 0.3 is 21.1 Å². The second-order valence-electron chi connectivity index (χ2n) is 11.3. The molecule has 53 heavy (non-hydrogen) atoms. The van der Waals surface area contributed by atoms with E-state index in [0.717, 1.165) is 39.2 Å². The summed E-state index contributed by atoms with van der Waals surface area (Å²) in [4.78, 5) is 8.52. The van der Waals surface area contributed by atoms with Gasteiger partial charge in [-0.1, -0.05) is 48.3 Å². The fourth-order valence-corrected chi connectivity index (χ4v) is 5.21. The molecule has 0 atom stereocenters. The molecule has 6 nitrogen and oxygen atoms in total. The maximum atomic E-state index is 6.57. The van der Waals surface area contributed by atoms with E-state index in [1.165, 1.54) is 0 Å². The molecule has 1 aliphatic heterocycles. The molecule has 0 aliphatic carbocycles. The van der Waals surface area contributed by atoms with E-state index in [0.29, 0.717) is 23.0 Å². The molecule has 2 aromatic heterocycles. The summed E-state index contributed by atoms with van der Waals surface area (Å²) in [6, 6.07) is 57.7. The molecule has 0 spiro atoms. The van der Waals surface area contributed by atoms with Crippen molar-refractivity contribution in [3.05, 3.63) is 196 Å². The molecule has 0 saturated heterocycles. The largest absolute Gasteiger partial charge is 4.00 e. The zero-order valence-corrected chi connectivity index (χ0v) is 32.8. The molecule has 1 aliphatic rings. The summed E-state index contributed by atoms with van der Waals surface area (Å²) in [6.45, 7) is 1.97. The van der Waals surface area contributed by atoms with Gasteiger partial charge in [-0.05, 0) is 37.1 Å². The van der Waals surface area contributed by atoms with Crippen molar-refractivity contribution in [2.45, 2.75) is 0 Å². The van der Waals surface area contributed by atoms with Gasteiger partial charge in [0.05, 0.1) is 0 Å². The van der Waals surface area contributed by atoms with Crippen LogP contribution in [-0.4, -0.2) is 21.5 Å². The second-order valence-corrected chi connectivity index (χ2v) is 11.3.